The van der Waals surface area contributed by atoms with E-state index in [0.717, 1.165) is 26.2 Å². The zero-order valence-corrected chi connectivity index (χ0v) is 10.7. The summed E-state index contributed by atoms with van der Waals surface area (Å²) in [6.07, 6.45) is 1.25. The highest BCUT2D eigenvalue weighted by molar-refractivity contribution is 5.78. The second-order valence-corrected chi connectivity index (χ2v) is 5.04. The van der Waals surface area contributed by atoms with E-state index in [0.29, 0.717) is 25.7 Å². The van der Waals surface area contributed by atoms with E-state index in [-0.39, 0.29) is 5.91 Å². The number of carbonyl (C=O) groups is 1. The van der Waals surface area contributed by atoms with E-state index in [1.54, 1.807) is 0 Å². The summed E-state index contributed by atoms with van der Waals surface area (Å²) in [5, 5.41) is 3.29. The standard InChI is InChI=1S/C12H23N3O2/c1-14-3-2-11(10-14)8-13-9-12(16)15-4-6-17-7-5-15/h11,13H,2-10H2,1H3. The van der Waals surface area contributed by atoms with Crippen molar-refractivity contribution in [3.05, 3.63) is 0 Å². The molecule has 2 saturated heterocycles. The first-order valence-corrected chi connectivity index (χ1v) is 6.50. The molecular formula is C12H23N3O2. The summed E-state index contributed by atoms with van der Waals surface area (Å²) in [5.41, 5.74) is 0. The molecule has 1 amide bonds. The van der Waals surface area contributed by atoms with E-state index < -0.39 is 0 Å². The Labute approximate surface area is 103 Å². The van der Waals surface area contributed by atoms with Gasteiger partial charge in [-0.3, -0.25) is 4.79 Å². The molecule has 2 aliphatic heterocycles. The van der Waals surface area contributed by atoms with E-state index in [2.05, 4.69) is 17.3 Å². The zero-order valence-electron chi connectivity index (χ0n) is 10.7. The van der Waals surface area contributed by atoms with Gasteiger partial charge in [0, 0.05) is 19.6 Å². The van der Waals surface area contributed by atoms with Crippen molar-refractivity contribution in [2.75, 3.05) is 59.5 Å². The van der Waals surface area contributed by atoms with Crippen LogP contribution in [0.4, 0.5) is 0 Å². The Morgan fingerprint density at radius 2 is 2.12 bits per heavy atom. The van der Waals surface area contributed by atoms with Crippen LogP contribution >= 0.6 is 0 Å². The van der Waals surface area contributed by atoms with Gasteiger partial charge in [-0.2, -0.15) is 0 Å². The molecule has 5 heteroatoms. The third-order valence-corrected chi connectivity index (χ3v) is 3.56. The van der Waals surface area contributed by atoms with Crippen molar-refractivity contribution < 1.29 is 9.53 Å². The first-order valence-electron chi connectivity index (χ1n) is 6.50. The number of rotatable bonds is 4. The fourth-order valence-electron chi connectivity index (χ4n) is 2.50. The average molecular weight is 241 g/mol. The molecule has 98 valence electrons. The second-order valence-electron chi connectivity index (χ2n) is 5.04. The van der Waals surface area contributed by atoms with Crippen molar-refractivity contribution in [3.8, 4) is 0 Å². The van der Waals surface area contributed by atoms with E-state index in [4.69, 9.17) is 4.74 Å². The van der Waals surface area contributed by atoms with Crippen LogP contribution in [0.2, 0.25) is 0 Å². The molecule has 2 rings (SSSR count). The molecule has 0 aromatic heterocycles. The average Bonchev–Trinajstić information content (AvgIpc) is 2.76. The number of hydrogen-bond acceptors (Lipinski definition) is 4. The zero-order chi connectivity index (χ0) is 12.1. The molecule has 0 aromatic rings. The largest absolute Gasteiger partial charge is 0.378 e. The molecule has 0 spiro atoms. The molecule has 1 unspecified atom stereocenters. The van der Waals surface area contributed by atoms with Crippen LogP contribution in [0.25, 0.3) is 0 Å². The molecular weight excluding hydrogens is 218 g/mol. The maximum absolute atomic E-state index is 11.8. The van der Waals surface area contributed by atoms with Gasteiger partial charge in [0.2, 0.25) is 5.91 Å². The Bertz CT molecular complexity index is 254. The van der Waals surface area contributed by atoms with Crippen LogP contribution in [0.15, 0.2) is 0 Å². The first kappa shape index (κ1) is 12.8. The number of ether oxygens (including phenoxy) is 1. The molecule has 1 N–H and O–H groups in total. The van der Waals surface area contributed by atoms with Crippen molar-refractivity contribution >= 4 is 5.91 Å². The fraction of sp³-hybridized carbons (Fsp3) is 0.917. The van der Waals surface area contributed by atoms with E-state index >= 15 is 0 Å². The minimum atomic E-state index is 0.208. The second kappa shape index (κ2) is 6.33. The predicted octanol–water partition coefficient (Wildman–Crippen LogP) is -0.613. The van der Waals surface area contributed by atoms with Crippen molar-refractivity contribution in [1.82, 2.24) is 15.1 Å². The first-order chi connectivity index (χ1) is 8.25. The summed E-state index contributed by atoms with van der Waals surface area (Å²) in [5.74, 6) is 0.914. The normalized spacial score (nSPS) is 26.4. The summed E-state index contributed by atoms with van der Waals surface area (Å²) < 4.78 is 5.23. The molecule has 0 saturated carbocycles. The van der Waals surface area contributed by atoms with Crippen molar-refractivity contribution in [3.63, 3.8) is 0 Å². The van der Waals surface area contributed by atoms with Crippen LogP contribution in [0.3, 0.4) is 0 Å². The van der Waals surface area contributed by atoms with Gasteiger partial charge in [-0.25, -0.2) is 0 Å². The monoisotopic (exact) mass is 241 g/mol. The fourth-order valence-corrected chi connectivity index (χ4v) is 2.50. The van der Waals surface area contributed by atoms with Gasteiger partial charge >= 0.3 is 0 Å². The molecule has 0 bridgehead atoms. The highest BCUT2D eigenvalue weighted by Gasteiger charge is 2.20. The van der Waals surface area contributed by atoms with Gasteiger partial charge in [-0.15, -0.1) is 0 Å². The Morgan fingerprint density at radius 1 is 1.35 bits per heavy atom. The lowest BCUT2D eigenvalue weighted by Crippen LogP contribution is -2.45. The smallest absolute Gasteiger partial charge is 0.236 e. The third kappa shape index (κ3) is 3.94. The van der Waals surface area contributed by atoms with E-state index in [9.17, 15) is 4.79 Å². The van der Waals surface area contributed by atoms with Gasteiger partial charge in [0.1, 0.15) is 0 Å². The highest BCUT2D eigenvalue weighted by atomic mass is 16.5. The summed E-state index contributed by atoms with van der Waals surface area (Å²) in [7, 11) is 2.15. The van der Waals surface area contributed by atoms with Crippen molar-refractivity contribution in [2.24, 2.45) is 5.92 Å². The van der Waals surface area contributed by atoms with Crippen LogP contribution in [-0.2, 0) is 9.53 Å². The Kier molecular flexibility index (Phi) is 4.76. The molecule has 5 nitrogen and oxygen atoms in total. The summed E-state index contributed by atoms with van der Waals surface area (Å²) in [4.78, 5) is 16.1. The van der Waals surface area contributed by atoms with Gasteiger partial charge in [-0.05, 0) is 32.5 Å². The summed E-state index contributed by atoms with van der Waals surface area (Å²) in [6.45, 7) is 6.61. The highest BCUT2D eigenvalue weighted by Crippen LogP contribution is 2.12. The SMILES string of the molecule is CN1CCC(CNCC(=O)N2CCOCC2)C1. The third-order valence-electron chi connectivity index (χ3n) is 3.56. The molecule has 0 aliphatic carbocycles. The predicted molar refractivity (Wildman–Crippen MR) is 65.9 cm³/mol. The van der Waals surface area contributed by atoms with Gasteiger partial charge in [0.15, 0.2) is 0 Å². The Balaban J connectivity index is 1.59. The van der Waals surface area contributed by atoms with Gasteiger partial charge in [-0.1, -0.05) is 0 Å². The number of nitrogens with zero attached hydrogens (tertiary/aromatic N) is 2. The minimum absolute atomic E-state index is 0.208. The van der Waals surface area contributed by atoms with Crippen LogP contribution < -0.4 is 5.32 Å². The molecule has 0 radical (unpaired) electrons. The van der Waals surface area contributed by atoms with Gasteiger partial charge in [0.05, 0.1) is 19.8 Å². The van der Waals surface area contributed by atoms with E-state index in [1.165, 1.54) is 13.0 Å². The van der Waals surface area contributed by atoms with Crippen molar-refractivity contribution in [2.45, 2.75) is 6.42 Å². The lowest BCUT2D eigenvalue weighted by molar-refractivity contribution is -0.134. The van der Waals surface area contributed by atoms with Gasteiger partial charge in [0.25, 0.3) is 0 Å². The number of likely N-dealkylation sites (tertiary alicyclic amines) is 1. The van der Waals surface area contributed by atoms with Gasteiger partial charge < -0.3 is 19.9 Å². The molecule has 2 aliphatic rings. The Hall–Kier alpha value is -0.650. The summed E-state index contributed by atoms with van der Waals surface area (Å²) in [6, 6.07) is 0. The number of amides is 1. The molecule has 2 fully saturated rings. The maximum Gasteiger partial charge on any atom is 0.236 e. The van der Waals surface area contributed by atoms with Crippen LogP contribution in [0.1, 0.15) is 6.42 Å². The number of carbonyl (C=O) groups excluding carboxylic acids is 1. The summed E-state index contributed by atoms with van der Waals surface area (Å²) >= 11 is 0. The lowest BCUT2D eigenvalue weighted by atomic mass is 10.1. The lowest BCUT2D eigenvalue weighted by Gasteiger charge is -2.27. The molecule has 17 heavy (non-hydrogen) atoms. The Morgan fingerprint density at radius 3 is 2.76 bits per heavy atom. The maximum atomic E-state index is 11.8. The van der Waals surface area contributed by atoms with Crippen LogP contribution in [0, 0.1) is 5.92 Å². The van der Waals surface area contributed by atoms with E-state index in [1.807, 2.05) is 4.90 Å². The quantitative estimate of drug-likeness (QED) is 0.713. The molecule has 1 atom stereocenters. The molecule has 0 aromatic carbocycles. The number of nitrogens with one attached hydrogen (secondary N) is 1. The van der Waals surface area contributed by atoms with Crippen molar-refractivity contribution in [1.29, 1.82) is 0 Å². The molecule has 2 heterocycles. The van der Waals surface area contributed by atoms with Crippen LogP contribution in [0.5, 0.6) is 0 Å². The van der Waals surface area contributed by atoms with Crippen LogP contribution in [-0.4, -0.2) is 75.2 Å². The minimum Gasteiger partial charge on any atom is -0.378 e. The number of hydrogen-bond donors (Lipinski definition) is 1. The number of morpholine rings is 1. The topological polar surface area (TPSA) is 44.8 Å².